The van der Waals surface area contributed by atoms with E-state index in [9.17, 15) is 0 Å². The minimum Gasteiger partial charge on any atom is -0.367 e. The van der Waals surface area contributed by atoms with Crippen LogP contribution in [0.3, 0.4) is 0 Å². The predicted octanol–water partition coefficient (Wildman–Crippen LogP) is 16.7. The number of benzene rings is 10. The number of pyridine rings is 2. The Hall–Kier alpha value is -10.7. The Morgan fingerprint density at radius 1 is 0.272 bits per heavy atom. The molecule has 18 rings (SSSR count). The van der Waals surface area contributed by atoms with Crippen molar-refractivity contribution in [2.75, 3.05) is 0 Å². The van der Waals surface area contributed by atoms with Crippen LogP contribution in [0.4, 0.5) is 0 Å². The van der Waals surface area contributed by atoms with Gasteiger partial charge < -0.3 is 27.1 Å². The molecule has 12 nitrogen and oxygen atoms in total. The Morgan fingerprint density at radius 2 is 0.543 bits per heavy atom. The third-order valence-corrected chi connectivity index (χ3v) is 15.3. The smallest absolute Gasteiger partial charge is 0.367 e. The molecule has 0 spiro atoms. The van der Waals surface area contributed by atoms with Crippen LogP contribution in [-0.4, -0.2) is 57.0 Å². The number of hydrogen-bond donors (Lipinski definition) is 0. The number of para-hydroxylation sites is 8. The first-order chi connectivity index (χ1) is 44.3. The van der Waals surface area contributed by atoms with Gasteiger partial charge in [-0.1, -0.05) is 60.7 Å². The minimum atomic E-state index is 0. The molecule has 0 saturated heterocycles. The third-order valence-electron chi connectivity index (χ3n) is 15.3. The zero-order chi connectivity index (χ0) is 61.2. The number of rotatable bonds is 4. The van der Waals surface area contributed by atoms with Crippen LogP contribution in [0.1, 0.15) is 0 Å². The van der Waals surface area contributed by atoms with Crippen molar-refractivity contribution in [1.29, 1.82) is 0 Å². The number of fused-ring (bicyclic) bond motifs is 10. The maximum absolute atomic E-state index is 4.61. The quantitative estimate of drug-likeness (QED) is 0.163. The average molecular weight is 1550 g/mol. The molecule has 0 saturated carbocycles. The van der Waals surface area contributed by atoms with E-state index >= 15 is 0 Å². The molecule has 0 amide bonds. The zero-order valence-corrected chi connectivity index (χ0v) is 55.4. The van der Waals surface area contributed by atoms with Crippen molar-refractivity contribution in [2.24, 2.45) is 28.2 Å². The van der Waals surface area contributed by atoms with E-state index in [1.54, 1.807) is 12.4 Å². The second-order valence-electron chi connectivity index (χ2n) is 21.0. The SMILES string of the molecule is Cn1c(-c2[c-]cccc2)nc2ccccc21.Cn1c(-c2[c-]cccc2)nc2ccccc21.Cn1c(-c2[c-]cccc2)nc2ccccc21.Cn1c(-c2[c-]cccc2)nc2ccccc21.[Ir+3].[Ir+3].[c-]1cccc2ccn3ccnc3c12.[c-]1cccc2ccn3ccnc3c12. The number of imidazole rings is 6. The second-order valence-corrected chi connectivity index (χ2v) is 21.0. The van der Waals surface area contributed by atoms with Crippen molar-refractivity contribution in [3.05, 3.63) is 316 Å². The summed E-state index contributed by atoms with van der Waals surface area (Å²) in [6.07, 6.45) is 11.5. The van der Waals surface area contributed by atoms with Gasteiger partial charge in [0.05, 0.1) is 78.7 Å². The Kier molecular flexibility index (Phi) is 20.0. The number of aromatic nitrogens is 12. The van der Waals surface area contributed by atoms with Gasteiger partial charge in [0, 0.05) is 53.0 Å². The van der Waals surface area contributed by atoms with Crippen LogP contribution >= 0.6 is 0 Å². The van der Waals surface area contributed by atoms with E-state index in [0.717, 1.165) is 112 Å². The fourth-order valence-electron chi connectivity index (χ4n) is 10.8. The summed E-state index contributed by atoms with van der Waals surface area (Å²) >= 11 is 0. The van der Waals surface area contributed by atoms with Crippen molar-refractivity contribution in [2.45, 2.75) is 0 Å². The molecule has 0 aliphatic rings. The molecular formula is C78H58Ir2N12. The van der Waals surface area contributed by atoms with E-state index in [0.29, 0.717) is 0 Å². The van der Waals surface area contributed by atoms with E-state index in [1.807, 2.05) is 256 Å². The summed E-state index contributed by atoms with van der Waals surface area (Å²) < 4.78 is 12.4. The Bertz CT molecular complexity index is 4810. The first-order valence-electron chi connectivity index (χ1n) is 29.3. The maximum Gasteiger partial charge on any atom is 3.00 e. The van der Waals surface area contributed by atoms with Crippen LogP contribution in [0.15, 0.2) is 280 Å². The number of hydrogen-bond acceptors (Lipinski definition) is 6. The van der Waals surface area contributed by atoms with Gasteiger partial charge in [-0.15, -0.1) is 214 Å². The zero-order valence-electron chi connectivity index (χ0n) is 50.6. The third kappa shape index (κ3) is 13.6. The molecule has 18 aromatic rings. The maximum atomic E-state index is 4.61. The van der Waals surface area contributed by atoms with E-state index in [-0.39, 0.29) is 40.2 Å². The fourth-order valence-corrected chi connectivity index (χ4v) is 10.8. The van der Waals surface area contributed by atoms with Crippen molar-refractivity contribution < 1.29 is 40.2 Å². The number of aryl methyl sites for hydroxylation is 4. The van der Waals surface area contributed by atoms with Gasteiger partial charge in [0.25, 0.3) is 0 Å². The van der Waals surface area contributed by atoms with Gasteiger partial charge >= 0.3 is 40.2 Å². The summed E-state index contributed by atoms with van der Waals surface area (Å²) in [5.74, 6) is 3.84. The first-order valence-corrected chi connectivity index (χ1v) is 29.3. The molecule has 0 aliphatic carbocycles. The van der Waals surface area contributed by atoms with Crippen molar-refractivity contribution in [1.82, 2.24) is 57.0 Å². The summed E-state index contributed by atoms with van der Waals surface area (Å²) in [5, 5.41) is 4.52. The Labute approximate surface area is 560 Å². The molecule has 8 aromatic heterocycles. The van der Waals surface area contributed by atoms with Crippen LogP contribution < -0.4 is 0 Å². The Balaban J connectivity index is 0.000000113. The summed E-state index contributed by atoms with van der Waals surface area (Å²) in [7, 11) is 8.13. The first kappa shape index (κ1) is 62.9. The van der Waals surface area contributed by atoms with Crippen molar-refractivity contribution >= 4 is 77.0 Å². The van der Waals surface area contributed by atoms with Crippen LogP contribution in [0.25, 0.3) is 123 Å². The molecular weight excluding hydrogens is 1490 g/mol. The fraction of sp³-hybridized carbons (Fsp3) is 0.0513. The topological polar surface area (TPSA) is 106 Å². The summed E-state index contributed by atoms with van der Waals surface area (Å²) in [6, 6.07) is 99.5. The summed E-state index contributed by atoms with van der Waals surface area (Å²) in [4.78, 5) is 27.0. The molecule has 92 heavy (non-hydrogen) atoms. The van der Waals surface area contributed by atoms with Gasteiger partial charge in [0.2, 0.25) is 0 Å². The summed E-state index contributed by atoms with van der Waals surface area (Å²) in [5.41, 5.74) is 14.7. The summed E-state index contributed by atoms with van der Waals surface area (Å²) in [6.45, 7) is 0. The van der Waals surface area contributed by atoms with E-state index in [2.05, 4.69) is 133 Å². The largest absolute Gasteiger partial charge is 3.00 e. The van der Waals surface area contributed by atoms with Crippen LogP contribution in [0, 0.1) is 36.4 Å². The van der Waals surface area contributed by atoms with Crippen molar-refractivity contribution in [3.8, 4) is 45.6 Å². The molecule has 448 valence electrons. The second kappa shape index (κ2) is 29.3. The molecule has 14 heteroatoms. The van der Waals surface area contributed by atoms with Gasteiger partial charge in [-0.2, -0.15) is 0 Å². The van der Waals surface area contributed by atoms with Crippen molar-refractivity contribution in [3.63, 3.8) is 0 Å². The molecule has 0 N–H and O–H groups in total. The standard InChI is InChI=1S/4C14H11N2.2C11H7N2.2Ir/c4*1-16-13-10-6-5-9-12(13)15-14(16)11-7-3-2-4-8-11;2*1-2-4-10-9(3-1)5-7-13-8-6-12-11(10)13;;/h4*2-7,9-10H,1H3;2*1-3,5-8H;;/q6*-1;2*+3. The monoisotopic (exact) mass is 1550 g/mol. The van der Waals surface area contributed by atoms with Gasteiger partial charge in [0.1, 0.15) is 0 Å². The number of nitrogens with zero attached hydrogens (tertiary/aromatic N) is 12. The minimum absolute atomic E-state index is 0. The van der Waals surface area contributed by atoms with Gasteiger partial charge in [-0.05, 0) is 60.9 Å². The molecule has 0 bridgehead atoms. The molecule has 0 unspecified atom stereocenters. The van der Waals surface area contributed by atoms with E-state index < -0.39 is 0 Å². The molecule has 0 atom stereocenters. The average Bonchev–Trinajstić information content (AvgIpc) is 2.53. The van der Waals surface area contributed by atoms with E-state index in [4.69, 9.17) is 0 Å². The van der Waals surface area contributed by atoms with Crippen LogP contribution in [0.5, 0.6) is 0 Å². The normalized spacial score (nSPS) is 10.7. The van der Waals surface area contributed by atoms with E-state index in [1.165, 1.54) is 10.8 Å². The van der Waals surface area contributed by atoms with Gasteiger partial charge in [0.15, 0.2) is 0 Å². The molecule has 0 aliphatic heterocycles. The predicted molar refractivity (Wildman–Crippen MR) is 363 cm³/mol. The molecule has 0 fully saturated rings. The van der Waals surface area contributed by atoms with Gasteiger partial charge in [-0.3, -0.25) is 29.9 Å². The van der Waals surface area contributed by atoms with Crippen LogP contribution in [0.2, 0.25) is 0 Å². The molecule has 0 radical (unpaired) electrons. The van der Waals surface area contributed by atoms with Gasteiger partial charge in [-0.25, -0.2) is 0 Å². The van der Waals surface area contributed by atoms with Crippen LogP contribution in [-0.2, 0) is 68.4 Å². The molecule has 10 aromatic carbocycles. The Morgan fingerprint density at radius 3 is 0.815 bits per heavy atom. The molecule has 8 heterocycles.